The Labute approximate surface area is 130 Å². The van der Waals surface area contributed by atoms with Crippen LogP contribution in [0.4, 0.5) is 0 Å². The average Bonchev–Trinajstić information content (AvgIpc) is 2.54. The van der Waals surface area contributed by atoms with Crippen molar-refractivity contribution in [2.24, 2.45) is 5.92 Å². The van der Waals surface area contributed by atoms with E-state index in [4.69, 9.17) is 4.74 Å². The normalized spacial score (nSPS) is 19.3. The van der Waals surface area contributed by atoms with Crippen LogP contribution in [0.2, 0.25) is 0 Å². The summed E-state index contributed by atoms with van der Waals surface area (Å²) >= 11 is 0. The molecule has 118 valence electrons. The third kappa shape index (κ3) is 5.12. The zero-order valence-electron chi connectivity index (χ0n) is 13.7. The molecule has 0 aliphatic heterocycles. The van der Waals surface area contributed by atoms with Crippen LogP contribution in [0.5, 0.6) is 0 Å². The third-order valence-corrected chi connectivity index (χ3v) is 4.70. The van der Waals surface area contributed by atoms with E-state index >= 15 is 0 Å². The summed E-state index contributed by atoms with van der Waals surface area (Å²) in [6, 6.07) is 11.9. The quantitative estimate of drug-likeness (QED) is 0.748. The molecule has 2 heteroatoms. The summed E-state index contributed by atoms with van der Waals surface area (Å²) in [6.45, 7) is 3.06. The molecule has 0 radical (unpaired) electrons. The summed E-state index contributed by atoms with van der Waals surface area (Å²) in [5.74, 6) is 0.775. The van der Waals surface area contributed by atoms with Gasteiger partial charge in [0.2, 0.25) is 0 Å². The highest BCUT2D eigenvalue weighted by Crippen LogP contribution is 2.34. The van der Waals surface area contributed by atoms with E-state index in [9.17, 15) is 0 Å². The van der Waals surface area contributed by atoms with Crippen LogP contribution < -0.4 is 5.32 Å². The smallest absolute Gasteiger partial charge is 0.0616 e. The molecule has 1 fully saturated rings. The largest absolute Gasteiger partial charge is 0.383 e. The van der Waals surface area contributed by atoms with Crippen LogP contribution in [-0.4, -0.2) is 19.8 Å². The van der Waals surface area contributed by atoms with Crippen molar-refractivity contribution in [3.63, 3.8) is 0 Å². The number of hydrogen-bond donors (Lipinski definition) is 1. The van der Waals surface area contributed by atoms with Crippen LogP contribution >= 0.6 is 0 Å². The van der Waals surface area contributed by atoms with Crippen molar-refractivity contribution in [1.29, 1.82) is 0 Å². The Kier molecular flexibility index (Phi) is 7.25. The molecule has 0 saturated heterocycles. The molecular weight excluding hydrogens is 258 g/mol. The molecule has 1 N–H and O–H groups in total. The number of ether oxygens (including phenoxy) is 1. The van der Waals surface area contributed by atoms with Crippen molar-refractivity contribution in [3.05, 3.63) is 35.9 Å². The summed E-state index contributed by atoms with van der Waals surface area (Å²) < 4.78 is 5.42. The molecule has 1 aliphatic rings. The fourth-order valence-corrected chi connectivity index (χ4v) is 3.65. The first-order valence-corrected chi connectivity index (χ1v) is 8.65. The minimum absolute atomic E-state index is 0.465. The minimum Gasteiger partial charge on any atom is -0.383 e. The Morgan fingerprint density at radius 2 is 1.86 bits per heavy atom. The number of hydrogen-bond acceptors (Lipinski definition) is 2. The second kappa shape index (κ2) is 9.22. The first kappa shape index (κ1) is 16.5. The van der Waals surface area contributed by atoms with Crippen LogP contribution in [0.15, 0.2) is 30.3 Å². The Hall–Kier alpha value is -0.860. The average molecular weight is 289 g/mol. The van der Waals surface area contributed by atoms with Crippen molar-refractivity contribution in [1.82, 2.24) is 5.32 Å². The number of nitrogens with one attached hydrogen (secondary N) is 1. The first-order valence-electron chi connectivity index (χ1n) is 8.65. The van der Waals surface area contributed by atoms with Gasteiger partial charge in [-0.1, -0.05) is 62.9 Å². The van der Waals surface area contributed by atoms with Gasteiger partial charge in [-0.3, -0.25) is 0 Å². The highest BCUT2D eigenvalue weighted by atomic mass is 16.5. The Balaban J connectivity index is 2.10. The summed E-state index contributed by atoms with van der Waals surface area (Å²) in [5, 5.41) is 3.92. The fourth-order valence-electron chi connectivity index (χ4n) is 3.65. The minimum atomic E-state index is 0.465. The second-order valence-corrected chi connectivity index (χ2v) is 6.39. The molecule has 2 unspecified atom stereocenters. The Morgan fingerprint density at radius 1 is 1.14 bits per heavy atom. The van der Waals surface area contributed by atoms with Crippen molar-refractivity contribution < 1.29 is 4.74 Å². The predicted molar refractivity (Wildman–Crippen MR) is 89.5 cm³/mol. The molecule has 1 saturated carbocycles. The zero-order valence-corrected chi connectivity index (χ0v) is 13.7. The molecule has 0 spiro atoms. The van der Waals surface area contributed by atoms with E-state index in [0.717, 1.165) is 12.5 Å². The molecule has 2 nitrogen and oxygen atoms in total. The molecule has 0 heterocycles. The van der Waals surface area contributed by atoms with Gasteiger partial charge >= 0.3 is 0 Å². The molecule has 21 heavy (non-hydrogen) atoms. The van der Waals surface area contributed by atoms with Gasteiger partial charge in [0, 0.05) is 19.2 Å². The van der Waals surface area contributed by atoms with E-state index in [0.29, 0.717) is 12.1 Å². The van der Waals surface area contributed by atoms with E-state index in [1.54, 1.807) is 0 Å². The number of benzene rings is 1. The Morgan fingerprint density at radius 3 is 2.48 bits per heavy atom. The van der Waals surface area contributed by atoms with Crippen molar-refractivity contribution >= 4 is 0 Å². The molecule has 0 bridgehead atoms. The SMILES string of the molecule is CCCC(COC)NC(c1ccccc1)C1CCCCC1. The summed E-state index contributed by atoms with van der Waals surface area (Å²) in [5.41, 5.74) is 1.45. The van der Waals surface area contributed by atoms with Gasteiger partial charge in [0.15, 0.2) is 0 Å². The maximum atomic E-state index is 5.42. The van der Waals surface area contributed by atoms with E-state index < -0.39 is 0 Å². The summed E-state index contributed by atoms with van der Waals surface area (Å²) in [7, 11) is 1.81. The lowest BCUT2D eigenvalue weighted by atomic mass is 9.80. The lowest BCUT2D eigenvalue weighted by molar-refractivity contribution is 0.143. The standard InChI is InChI=1S/C19H31NO/c1-3-10-18(15-21-2)20-19(16-11-6-4-7-12-16)17-13-8-5-9-14-17/h4,6-7,11-12,17-20H,3,5,8-10,13-15H2,1-2H3. The molecule has 0 aromatic heterocycles. The van der Waals surface area contributed by atoms with E-state index in [2.05, 4.69) is 42.6 Å². The van der Waals surface area contributed by atoms with Crippen LogP contribution in [-0.2, 0) is 4.74 Å². The molecule has 1 aromatic carbocycles. The maximum absolute atomic E-state index is 5.42. The van der Waals surface area contributed by atoms with Crippen LogP contribution in [0, 0.1) is 5.92 Å². The zero-order chi connectivity index (χ0) is 14.9. The first-order chi connectivity index (χ1) is 10.3. The lowest BCUT2D eigenvalue weighted by Gasteiger charge is -2.34. The third-order valence-electron chi connectivity index (χ3n) is 4.70. The topological polar surface area (TPSA) is 21.3 Å². The molecule has 1 aliphatic carbocycles. The fraction of sp³-hybridized carbons (Fsp3) is 0.684. The van der Waals surface area contributed by atoms with Crippen LogP contribution in [0.3, 0.4) is 0 Å². The van der Waals surface area contributed by atoms with E-state index in [1.165, 1.54) is 50.5 Å². The second-order valence-electron chi connectivity index (χ2n) is 6.39. The monoisotopic (exact) mass is 289 g/mol. The molecule has 1 aromatic rings. The van der Waals surface area contributed by atoms with Crippen molar-refractivity contribution in [2.45, 2.75) is 64.0 Å². The van der Waals surface area contributed by atoms with Gasteiger partial charge < -0.3 is 10.1 Å². The Bertz CT molecular complexity index is 366. The number of methoxy groups -OCH3 is 1. The predicted octanol–water partition coefficient (Wildman–Crippen LogP) is 4.71. The highest BCUT2D eigenvalue weighted by molar-refractivity contribution is 5.20. The van der Waals surface area contributed by atoms with Crippen LogP contribution in [0.1, 0.15) is 63.5 Å². The van der Waals surface area contributed by atoms with E-state index in [1.807, 2.05) is 7.11 Å². The van der Waals surface area contributed by atoms with Gasteiger partial charge in [0.1, 0.15) is 0 Å². The number of rotatable bonds is 8. The van der Waals surface area contributed by atoms with Crippen molar-refractivity contribution in [3.8, 4) is 0 Å². The molecule has 2 atom stereocenters. The summed E-state index contributed by atoms with van der Waals surface area (Å²) in [6.07, 6.45) is 9.29. The van der Waals surface area contributed by atoms with E-state index in [-0.39, 0.29) is 0 Å². The summed E-state index contributed by atoms with van der Waals surface area (Å²) in [4.78, 5) is 0. The molecule has 2 rings (SSSR count). The van der Waals surface area contributed by atoms with Gasteiger partial charge in [-0.25, -0.2) is 0 Å². The van der Waals surface area contributed by atoms with Gasteiger partial charge in [-0.05, 0) is 30.7 Å². The molecular formula is C19H31NO. The van der Waals surface area contributed by atoms with Gasteiger partial charge in [0.05, 0.1) is 6.61 Å². The van der Waals surface area contributed by atoms with Crippen molar-refractivity contribution in [2.75, 3.05) is 13.7 Å². The highest BCUT2D eigenvalue weighted by Gasteiger charge is 2.26. The van der Waals surface area contributed by atoms with Crippen LogP contribution in [0.25, 0.3) is 0 Å². The molecule has 0 amide bonds. The van der Waals surface area contributed by atoms with Gasteiger partial charge in [0.25, 0.3) is 0 Å². The maximum Gasteiger partial charge on any atom is 0.0616 e. The van der Waals surface area contributed by atoms with Gasteiger partial charge in [-0.2, -0.15) is 0 Å². The lowest BCUT2D eigenvalue weighted by Crippen LogP contribution is -2.40. The van der Waals surface area contributed by atoms with Gasteiger partial charge in [-0.15, -0.1) is 0 Å².